The fourth-order valence-electron chi connectivity index (χ4n) is 1.40. The van der Waals surface area contributed by atoms with E-state index in [0.717, 1.165) is 17.7 Å². The van der Waals surface area contributed by atoms with E-state index in [2.05, 4.69) is 0 Å². The van der Waals surface area contributed by atoms with Crippen molar-refractivity contribution in [1.29, 1.82) is 0 Å². The van der Waals surface area contributed by atoms with Crippen molar-refractivity contribution in [2.75, 3.05) is 6.61 Å². The van der Waals surface area contributed by atoms with E-state index in [4.69, 9.17) is 4.74 Å². The van der Waals surface area contributed by atoms with Gasteiger partial charge < -0.3 is 4.74 Å². The second-order valence-corrected chi connectivity index (χ2v) is 2.94. The summed E-state index contributed by atoms with van der Waals surface area (Å²) in [4.78, 5) is 10.4. The first kappa shape index (κ1) is 7.35. The average Bonchev–Trinajstić information content (AvgIpc) is 2.17. The van der Waals surface area contributed by atoms with Gasteiger partial charge in [-0.1, -0.05) is 18.2 Å². The first-order chi connectivity index (χ1) is 5.90. The van der Waals surface area contributed by atoms with Gasteiger partial charge in [0.2, 0.25) is 6.29 Å². The minimum atomic E-state index is -0.0834. The molecule has 0 aliphatic carbocycles. The van der Waals surface area contributed by atoms with Gasteiger partial charge >= 0.3 is 0 Å². The van der Waals surface area contributed by atoms with Crippen LogP contribution >= 0.6 is 0 Å². The van der Waals surface area contributed by atoms with Crippen molar-refractivity contribution in [2.24, 2.45) is 5.92 Å². The minimum absolute atomic E-state index is 0.0834. The molecule has 61 valence electrons. The summed E-state index contributed by atoms with van der Waals surface area (Å²) < 4.78 is 5.36. The number of benzene rings is 1. The van der Waals surface area contributed by atoms with Gasteiger partial charge in [-0.15, -0.1) is 0 Å². The number of rotatable bonds is 1. The fraction of sp³-hybridized carbons (Fsp3) is 0.300. The van der Waals surface area contributed by atoms with E-state index in [-0.39, 0.29) is 5.92 Å². The molecule has 1 aliphatic heterocycles. The smallest absolute Gasteiger partial charge is 0.205 e. The van der Waals surface area contributed by atoms with E-state index in [1.165, 1.54) is 0 Å². The van der Waals surface area contributed by atoms with Crippen LogP contribution in [0.15, 0.2) is 24.3 Å². The summed E-state index contributed by atoms with van der Waals surface area (Å²) in [5.41, 5.74) is 1.11. The van der Waals surface area contributed by atoms with Gasteiger partial charge in [-0.3, -0.25) is 4.79 Å². The summed E-state index contributed by atoms with van der Waals surface area (Å²) in [6, 6.07) is 7.80. The summed E-state index contributed by atoms with van der Waals surface area (Å²) in [5, 5.41) is 0. The standard InChI is InChI=1S/C10H9O2/c11-6-8-5-9-3-1-2-4-10(9)12-7-8/h1-4,8H,5,7H2. The number of fused-ring (bicyclic) bond motifs is 1. The molecule has 12 heavy (non-hydrogen) atoms. The van der Waals surface area contributed by atoms with Gasteiger partial charge in [-0.05, 0) is 18.1 Å². The molecule has 0 spiro atoms. The zero-order valence-electron chi connectivity index (χ0n) is 6.62. The van der Waals surface area contributed by atoms with Gasteiger partial charge in [0.05, 0.1) is 12.5 Å². The first-order valence-electron chi connectivity index (χ1n) is 3.98. The molecular weight excluding hydrogens is 152 g/mol. The Kier molecular flexibility index (Phi) is 1.82. The Morgan fingerprint density at radius 1 is 1.42 bits per heavy atom. The zero-order chi connectivity index (χ0) is 8.39. The number of hydrogen-bond donors (Lipinski definition) is 0. The highest BCUT2D eigenvalue weighted by atomic mass is 16.5. The maximum absolute atomic E-state index is 10.4. The molecule has 0 bridgehead atoms. The summed E-state index contributed by atoms with van der Waals surface area (Å²) >= 11 is 0. The van der Waals surface area contributed by atoms with Crippen molar-refractivity contribution >= 4 is 6.29 Å². The van der Waals surface area contributed by atoms with Gasteiger partial charge in [-0.2, -0.15) is 0 Å². The van der Waals surface area contributed by atoms with Gasteiger partial charge in [0.25, 0.3) is 0 Å². The highest BCUT2D eigenvalue weighted by Gasteiger charge is 2.18. The number of hydrogen-bond acceptors (Lipinski definition) is 2. The largest absolute Gasteiger partial charge is 0.493 e. The highest BCUT2D eigenvalue weighted by Crippen LogP contribution is 2.25. The van der Waals surface area contributed by atoms with Gasteiger partial charge in [-0.25, -0.2) is 0 Å². The minimum Gasteiger partial charge on any atom is -0.493 e. The Labute approximate surface area is 71.2 Å². The molecule has 1 heterocycles. The zero-order valence-corrected chi connectivity index (χ0v) is 6.62. The Hall–Kier alpha value is -1.31. The van der Waals surface area contributed by atoms with Crippen molar-refractivity contribution in [3.8, 4) is 5.75 Å². The van der Waals surface area contributed by atoms with Crippen LogP contribution in [0.5, 0.6) is 5.75 Å². The number of ether oxygens (including phenoxy) is 1. The van der Waals surface area contributed by atoms with Crippen LogP contribution in [-0.2, 0) is 11.2 Å². The van der Waals surface area contributed by atoms with E-state index < -0.39 is 0 Å². The Balaban J connectivity index is 2.28. The highest BCUT2D eigenvalue weighted by molar-refractivity contribution is 5.57. The lowest BCUT2D eigenvalue weighted by molar-refractivity contribution is 0.255. The van der Waals surface area contributed by atoms with E-state index in [1.807, 2.05) is 30.6 Å². The molecule has 1 unspecified atom stereocenters. The van der Waals surface area contributed by atoms with Crippen LogP contribution in [0.1, 0.15) is 5.56 Å². The van der Waals surface area contributed by atoms with Crippen molar-refractivity contribution in [3.05, 3.63) is 29.8 Å². The van der Waals surface area contributed by atoms with Crippen molar-refractivity contribution in [2.45, 2.75) is 6.42 Å². The molecule has 2 heteroatoms. The van der Waals surface area contributed by atoms with E-state index in [1.54, 1.807) is 0 Å². The quantitative estimate of drug-likeness (QED) is 0.621. The van der Waals surface area contributed by atoms with Crippen molar-refractivity contribution in [1.82, 2.24) is 0 Å². The predicted octanol–water partition coefficient (Wildman–Crippen LogP) is 1.35. The van der Waals surface area contributed by atoms with Crippen LogP contribution in [0.25, 0.3) is 0 Å². The Morgan fingerprint density at radius 2 is 2.25 bits per heavy atom. The Bertz CT molecular complexity index is 294. The van der Waals surface area contributed by atoms with Crippen LogP contribution < -0.4 is 4.74 Å². The average molecular weight is 161 g/mol. The molecular formula is C10H9O2. The molecule has 1 atom stereocenters. The van der Waals surface area contributed by atoms with Gasteiger partial charge in [0.1, 0.15) is 5.75 Å². The summed E-state index contributed by atoms with van der Waals surface area (Å²) in [5.74, 6) is 0.823. The second-order valence-electron chi connectivity index (χ2n) is 2.94. The lowest BCUT2D eigenvalue weighted by Gasteiger charge is -2.20. The van der Waals surface area contributed by atoms with Crippen LogP contribution in [-0.4, -0.2) is 12.9 Å². The third-order valence-electron chi connectivity index (χ3n) is 2.05. The van der Waals surface area contributed by atoms with Crippen molar-refractivity contribution < 1.29 is 9.53 Å². The van der Waals surface area contributed by atoms with E-state index in [9.17, 15) is 4.79 Å². The SMILES string of the molecule is O=[C]C1COc2ccccc2C1. The van der Waals surface area contributed by atoms with Crippen LogP contribution in [0, 0.1) is 5.92 Å². The monoisotopic (exact) mass is 161 g/mol. The van der Waals surface area contributed by atoms with Gasteiger partial charge in [0, 0.05) is 0 Å². The molecule has 0 saturated heterocycles. The maximum Gasteiger partial charge on any atom is 0.205 e. The predicted molar refractivity (Wildman–Crippen MR) is 44.8 cm³/mol. The Morgan fingerprint density at radius 3 is 3.08 bits per heavy atom. The maximum atomic E-state index is 10.4. The molecule has 0 aromatic heterocycles. The summed E-state index contributed by atoms with van der Waals surface area (Å²) in [7, 11) is 0. The molecule has 1 aliphatic rings. The van der Waals surface area contributed by atoms with Crippen LogP contribution in [0.4, 0.5) is 0 Å². The normalized spacial score (nSPS) is 20.8. The molecule has 0 saturated carbocycles. The molecule has 0 N–H and O–H groups in total. The van der Waals surface area contributed by atoms with Crippen LogP contribution in [0.3, 0.4) is 0 Å². The summed E-state index contributed by atoms with van der Waals surface area (Å²) in [6.07, 6.45) is 2.73. The third-order valence-corrected chi connectivity index (χ3v) is 2.05. The molecule has 2 rings (SSSR count). The first-order valence-corrected chi connectivity index (χ1v) is 3.98. The van der Waals surface area contributed by atoms with Gasteiger partial charge in [0.15, 0.2) is 0 Å². The van der Waals surface area contributed by atoms with Crippen molar-refractivity contribution in [3.63, 3.8) is 0 Å². The molecule has 1 aromatic rings. The molecule has 0 fully saturated rings. The summed E-state index contributed by atoms with van der Waals surface area (Å²) in [6.45, 7) is 0.473. The lowest BCUT2D eigenvalue weighted by atomic mass is 9.98. The molecule has 0 amide bonds. The molecule has 2 nitrogen and oxygen atoms in total. The molecule has 1 radical (unpaired) electrons. The molecule has 1 aromatic carbocycles. The number of para-hydroxylation sites is 1. The second kappa shape index (κ2) is 2.97. The number of carbonyl (C=O) groups excluding carboxylic acids is 1. The van der Waals surface area contributed by atoms with E-state index in [0.29, 0.717) is 6.61 Å². The fourth-order valence-corrected chi connectivity index (χ4v) is 1.40. The van der Waals surface area contributed by atoms with Crippen LogP contribution in [0.2, 0.25) is 0 Å². The lowest BCUT2D eigenvalue weighted by Crippen LogP contribution is -2.21. The topological polar surface area (TPSA) is 26.3 Å². The van der Waals surface area contributed by atoms with E-state index >= 15 is 0 Å². The third kappa shape index (κ3) is 1.20.